The molecule has 2 unspecified atom stereocenters. The Morgan fingerprint density at radius 1 is 1.21 bits per heavy atom. The third-order valence-electron chi connectivity index (χ3n) is 4.82. The van der Waals surface area contributed by atoms with Gasteiger partial charge in [0.15, 0.2) is 12.4 Å². The Labute approximate surface area is 163 Å². The van der Waals surface area contributed by atoms with E-state index in [0.717, 1.165) is 36.9 Å². The molecule has 2 aromatic rings. The first kappa shape index (κ1) is 18.7. The standard InChI is InChI=1S/C21H24N2O5/c24-21(23-28-20-6-2-4-12-25-20)18-10-8-15-7-9-17(13-19(15)27-18)26-14-16-5-1-3-11-22-16/h1,3,5,7,9,11,13,18,20H,2,4,6,8,10,12,14H2,(H,23,24). The van der Waals surface area contributed by atoms with Gasteiger partial charge in [0.25, 0.3) is 5.91 Å². The van der Waals surface area contributed by atoms with E-state index in [1.54, 1.807) is 6.20 Å². The van der Waals surface area contributed by atoms with Gasteiger partial charge in [-0.15, -0.1) is 0 Å². The van der Waals surface area contributed by atoms with Gasteiger partial charge in [-0.25, -0.2) is 10.3 Å². The lowest BCUT2D eigenvalue weighted by Gasteiger charge is -2.27. The van der Waals surface area contributed by atoms with E-state index < -0.39 is 6.10 Å². The molecule has 1 amide bonds. The number of hydroxylamine groups is 1. The molecule has 0 radical (unpaired) electrons. The number of carbonyl (C=O) groups excluding carboxylic acids is 1. The molecule has 7 heteroatoms. The number of pyridine rings is 1. The number of hydrogen-bond donors (Lipinski definition) is 1. The van der Waals surface area contributed by atoms with Crippen molar-refractivity contribution in [1.29, 1.82) is 0 Å². The highest BCUT2D eigenvalue weighted by molar-refractivity contribution is 5.80. The average Bonchev–Trinajstić information content (AvgIpc) is 2.77. The smallest absolute Gasteiger partial charge is 0.284 e. The van der Waals surface area contributed by atoms with Crippen molar-refractivity contribution < 1.29 is 23.8 Å². The van der Waals surface area contributed by atoms with E-state index in [-0.39, 0.29) is 12.2 Å². The van der Waals surface area contributed by atoms with Gasteiger partial charge in [0.2, 0.25) is 0 Å². The van der Waals surface area contributed by atoms with Crippen LogP contribution in [0.3, 0.4) is 0 Å². The van der Waals surface area contributed by atoms with Gasteiger partial charge in [-0.05, 0) is 49.4 Å². The van der Waals surface area contributed by atoms with Crippen LogP contribution in [-0.4, -0.2) is 29.9 Å². The molecule has 0 bridgehead atoms. The molecule has 0 aliphatic carbocycles. The molecule has 2 atom stereocenters. The number of carbonyl (C=O) groups is 1. The number of rotatable bonds is 6. The van der Waals surface area contributed by atoms with E-state index in [1.165, 1.54) is 0 Å². The lowest BCUT2D eigenvalue weighted by molar-refractivity contribution is -0.203. The SMILES string of the molecule is O=C(NOC1CCCCO1)C1CCc2ccc(OCc3ccccn3)cc2O1. The Kier molecular flexibility index (Phi) is 6.04. The summed E-state index contributed by atoms with van der Waals surface area (Å²) in [5, 5.41) is 0. The third-order valence-corrected chi connectivity index (χ3v) is 4.82. The molecular weight excluding hydrogens is 360 g/mol. The number of fused-ring (bicyclic) bond motifs is 1. The van der Waals surface area contributed by atoms with Crippen molar-refractivity contribution in [3.05, 3.63) is 53.9 Å². The first-order valence-corrected chi connectivity index (χ1v) is 9.67. The van der Waals surface area contributed by atoms with Crippen molar-refractivity contribution in [3.8, 4) is 11.5 Å². The molecule has 1 N–H and O–H groups in total. The maximum absolute atomic E-state index is 12.4. The fraction of sp³-hybridized carbons (Fsp3) is 0.429. The van der Waals surface area contributed by atoms with Gasteiger partial charge in [0.1, 0.15) is 18.1 Å². The van der Waals surface area contributed by atoms with Crippen LogP contribution >= 0.6 is 0 Å². The number of nitrogens with zero attached hydrogens (tertiary/aromatic N) is 1. The predicted octanol–water partition coefficient (Wildman–Crippen LogP) is 2.93. The topological polar surface area (TPSA) is 78.9 Å². The monoisotopic (exact) mass is 384 g/mol. The fourth-order valence-corrected chi connectivity index (χ4v) is 3.26. The van der Waals surface area contributed by atoms with E-state index in [1.807, 2.05) is 36.4 Å². The van der Waals surface area contributed by atoms with Gasteiger partial charge in [-0.3, -0.25) is 9.78 Å². The largest absolute Gasteiger partial charge is 0.487 e. The molecule has 28 heavy (non-hydrogen) atoms. The Bertz CT molecular complexity index is 793. The first-order valence-electron chi connectivity index (χ1n) is 9.67. The zero-order chi connectivity index (χ0) is 19.2. The number of amides is 1. The molecule has 2 aliphatic rings. The van der Waals surface area contributed by atoms with E-state index in [9.17, 15) is 4.79 Å². The second-order valence-corrected chi connectivity index (χ2v) is 6.90. The molecule has 4 rings (SSSR count). The molecule has 1 fully saturated rings. The Balaban J connectivity index is 1.32. The van der Waals surface area contributed by atoms with Crippen molar-refractivity contribution in [1.82, 2.24) is 10.5 Å². The van der Waals surface area contributed by atoms with Crippen LogP contribution in [0.2, 0.25) is 0 Å². The van der Waals surface area contributed by atoms with Crippen LogP contribution in [0.15, 0.2) is 42.6 Å². The van der Waals surface area contributed by atoms with Crippen LogP contribution < -0.4 is 15.0 Å². The maximum Gasteiger partial charge on any atom is 0.284 e. The molecule has 1 aromatic carbocycles. The summed E-state index contributed by atoms with van der Waals surface area (Å²) in [6, 6.07) is 11.4. The molecule has 1 aromatic heterocycles. The van der Waals surface area contributed by atoms with E-state index in [0.29, 0.717) is 31.1 Å². The Morgan fingerprint density at radius 2 is 2.18 bits per heavy atom. The Hall–Kier alpha value is -2.64. The van der Waals surface area contributed by atoms with Crippen molar-refractivity contribution in [3.63, 3.8) is 0 Å². The van der Waals surface area contributed by atoms with E-state index >= 15 is 0 Å². The number of aryl methyl sites for hydroxylation is 1. The molecule has 2 aliphatic heterocycles. The van der Waals surface area contributed by atoms with Crippen LogP contribution in [0.5, 0.6) is 11.5 Å². The quantitative estimate of drug-likeness (QED) is 0.772. The first-order chi connectivity index (χ1) is 13.8. The summed E-state index contributed by atoms with van der Waals surface area (Å²) in [5.74, 6) is 1.05. The lowest BCUT2D eigenvalue weighted by Crippen LogP contribution is -2.42. The molecule has 0 spiro atoms. The number of ether oxygens (including phenoxy) is 3. The molecule has 1 saturated heterocycles. The number of benzene rings is 1. The molecular formula is C21H24N2O5. The van der Waals surface area contributed by atoms with Crippen LogP contribution in [0.4, 0.5) is 0 Å². The zero-order valence-electron chi connectivity index (χ0n) is 15.6. The van der Waals surface area contributed by atoms with Gasteiger partial charge >= 0.3 is 0 Å². The highest BCUT2D eigenvalue weighted by atomic mass is 16.8. The minimum atomic E-state index is -0.595. The average molecular weight is 384 g/mol. The highest BCUT2D eigenvalue weighted by Crippen LogP contribution is 2.31. The molecule has 3 heterocycles. The third kappa shape index (κ3) is 4.79. The predicted molar refractivity (Wildman–Crippen MR) is 101 cm³/mol. The van der Waals surface area contributed by atoms with Crippen molar-refractivity contribution >= 4 is 5.91 Å². The summed E-state index contributed by atoms with van der Waals surface area (Å²) in [6.45, 7) is 1.04. The summed E-state index contributed by atoms with van der Waals surface area (Å²) in [7, 11) is 0. The molecule has 148 valence electrons. The van der Waals surface area contributed by atoms with Crippen LogP contribution in [-0.2, 0) is 27.4 Å². The van der Waals surface area contributed by atoms with Crippen LogP contribution in [0.1, 0.15) is 36.9 Å². The number of nitrogens with one attached hydrogen (secondary N) is 1. The van der Waals surface area contributed by atoms with Crippen LogP contribution in [0, 0.1) is 0 Å². The normalized spacial score (nSPS) is 21.3. The summed E-state index contributed by atoms with van der Waals surface area (Å²) in [4.78, 5) is 22.0. The summed E-state index contributed by atoms with van der Waals surface area (Å²) in [5.41, 5.74) is 4.39. The zero-order valence-corrected chi connectivity index (χ0v) is 15.6. The van der Waals surface area contributed by atoms with Crippen molar-refractivity contribution in [2.24, 2.45) is 0 Å². The fourth-order valence-electron chi connectivity index (χ4n) is 3.26. The van der Waals surface area contributed by atoms with Crippen molar-refractivity contribution in [2.45, 2.75) is 51.1 Å². The maximum atomic E-state index is 12.4. The van der Waals surface area contributed by atoms with Gasteiger partial charge in [-0.1, -0.05) is 12.1 Å². The number of aromatic nitrogens is 1. The Morgan fingerprint density at radius 3 is 3.00 bits per heavy atom. The molecule has 7 nitrogen and oxygen atoms in total. The minimum absolute atomic E-state index is 0.292. The van der Waals surface area contributed by atoms with Gasteiger partial charge in [0, 0.05) is 25.3 Å². The summed E-state index contributed by atoms with van der Waals surface area (Å²) >= 11 is 0. The summed E-state index contributed by atoms with van der Waals surface area (Å²) < 4.78 is 17.1. The number of hydrogen-bond acceptors (Lipinski definition) is 6. The minimum Gasteiger partial charge on any atom is -0.487 e. The van der Waals surface area contributed by atoms with Gasteiger partial charge < -0.3 is 14.2 Å². The second kappa shape index (κ2) is 9.03. The van der Waals surface area contributed by atoms with Crippen molar-refractivity contribution in [2.75, 3.05) is 6.61 Å². The highest BCUT2D eigenvalue weighted by Gasteiger charge is 2.27. The lowest BCUT2D eigenvalue weighted by atomic mass is 10.0. The van der Waals surface area contributed by atoms with E-state index in [2.05, 4.69) is 10.5 Å². The van der Waals surface area contributed by atoms with Gasteiger partial charge in [0.05, 0.1) is 5.69 Å². The van der Waals surface area contributed by atoms with E-state index in [4.69, 9.17) is 19.0 Å². The van der Waals surface area contributed by atoms with Gasteiger partial charge in [-0.2, -0.15) is 0 Å². The molecule has 0 saturated carbocycles. The summed E-state index contributed by atoms with van der Waals surface area (Å²) in [6.07, 6.45) is 4.97. The van der Waals surface area contributed by atoms with Crippen LogP contribution in [0.25, 0.3) is 0 Å². The second-order valence-electron chi connectivity index (χ2n) is 6.90.